The summed E-state index contributed by atoms with van der Waals surface area (Å²) in [6.07, 6.45) is 67.4. The van der Waals surface area contributed by atoms with Crippen LogP contribution in [0.3, 0.4) is 0 Å². The molecular weight excluding hydrogens is 805 g/mol. The van der Waals surface area contributed by atoms with E-state index in [1.165, 1.54) is 135 Å². The zero-order chi connectivity index (χ0) is 47.2. The highest BCUT2D eigenvalue weighted by Crippen LogP contribution is 2.14. The number of hydrogen-bond donors (Lipinski definition) is 0. The van der Waals surface area contributed by atoms with Crippen LogP contribution in [0, 0.1) is 0 Å². The lowest BCUT2D eigenvalue weighted by Gasteiger charge is -2.18. The Hall–Kier alpha value is -3.15. The van der Waals surface area contributed by atoms with E-state index in [4.69, 9.17) is 14.2 Å². The zero-order valence-electron chi connectivity index (χ0n) is 42.7. The molecule has 0 N–H and O–H groups in total. The first kappa shape index (κ1) is 61.9. The predicted molar refractivity (Wildman–Crippen MR) is 279 cm³/mol. The van der Waals surface area contributed by atoms with Crippen LogP contribution in [0.4, 0.5) is 0 Å². The van der Waals surface area contributed by atoms with Gasteiger partial charge in [-0.05, 0) is 109 Å². The van der Waals surface area contributed by atoms with Crippen molar-refractivity contribution in [2.24, 2.45) is 0 Å². The first-order valence-electron chi connectivity index (χ1n) is 27.4. The molecule has 0 saturated carbocycles. The molecule has 0 bridgehead atoms. The summed E-state index contributed by atoms with van der Waals surface area (Å²) >= 11 is 0. The minimum atomic E-state index is -0.804. The zero-order valence-corrected chi connectivity index (χ0v) is 42.7. The first-order valence-corrected chi connectivity index (χ1v) is 27.4. The molecule has 1 atom stereocenters. The van der Waals surface area contributed by atoms with Gasteiger partial charge in [0, 0.05) is 19.3 Å². The Kier molecular flexibility index (Phi) is 50.9. The summed E-state index contributed by atoms with van der Waals surface area (Å²) in [5.74, 6) is -0.970. The molecule has 0 radical (unpaired) electrons. The van der Waals surface area contributed by atoms with Crippen LogP contribution in [0.1, 0.15) is 265 Å². The van der Waals surface area contributed by atoms with E-state index < -0.39 is 6.10 Å². The SMILES string of the molecule is CCCCC/C=C\C/C=C\C/C=C\C/C=C\CCCC(=O)OC[C@H](COC(=O)CCCCCCC/C=C\CCCCCCCC)OC(=O)CCCCCCC/C=C\CCCCCCCC. The Labute approximate surface area is 402 Å². The Morgan fingerprint density at radius 2 is 0.569 bits per heavy atom. The summed E-state index contributed by atoms with van der Waals surface area (Å²) in [4.78, 5) is 38.0. The standard InChI is InChI=1S/C59H102O6/c1-4-7-10-13-16-19-22-25-28-29-32-34-37-40-43-46-49-52-58(61)64-55-56(65-59(62)53-50-47-44-41-38-35-31-27-24-21-18-15-12-9-6-3)54-63-57(60)51-48-45-42-39-36-33-30-26-23-20-17-14-11-8-5-2/h16,19,25-28,30-32,34,40,43,56H,4-15,17-18,20-24,29,33,35-39,41-42,44-55H2,1-3H3/b19-16-,28-25-,30-26-,31-27-,34-32-,43-40-/t56-/m0/s1. The number of allylic oxidation sites excluding steroid dienone is 12. The van der Waals surface area contributed by atoms with Gasteiger partial charge in [-0.3, -0.25) is 14.4 Å². The number of carbonyl (C=O) groups excluding carboxylic acids is 3. The Balaban J connectivity index is 4.49. The molecule has 0 aliphatic heterocycles. The molecule has 0 heterocycles. The molecule has 0 fully saturated rings. The maximum absolute atomic E-state index is 12.8. The molecule has 0 unspecified atom stereocenters. The van der Waals surface area contributed by atoms with Crippen molar-refractivity contribution in [1.29, 1.82) is 0 Å². The van der Waals surface area contributed by atoms with Crippen LogP contribution < -0.4 is 0 Å². The molecule has 6 heteroatoms. The lowest BCUT2D eigenvalue weighted by atomic mass is 10.1. The molecule has 0 aliphatic carbocycles. The average molecular weight is 907 g/mol. The van der Waals surface area contributed by atoms with Gasteiger partial charge in [0.25, 0.3) is 0 Å². The van der Waals surface area contributed by atoms with Gasteiger partial charge in [0.05, 0.1) is 0 Å². The number of hydrogen-bond acceptors (Lipinski definition) is 6. The van der Waals surface area contributed by atoms with Crippen molar-refractivity contribution in [2.75, 3.05) is 13.2 Å². The summed E-state index contributed by atoms with van der Waals surface area (Å²) in [7, 11) is 0. The van der Waals surface area contributed by atoms with Gasteiger partial charge in [0.2, 0.25) is 0 Å². The second kappa shape index (κ2) is 53.5. The monoisotopic (exact) mass is 907 g/mol. The van der Waals surface area contributed by atoms with E-state index in [1.807, 2.05) is 0 Å². The number of carbonyl (C=O) groups is 3. The molecule has 0 spiro atoms. The van der Waals surface area contributed by atoms with Gasteiger partial charge in [-0.1, -0.05) is 209 Å². The molecule has 0 rings (SSSR count). The van der Waals surface area contributed by atoms with Crippen LogP contribution in [0.25, 0.3) is 0 Å². The number of rotatable bonds is 49. The summed E-state index contributed by atoms with van der Waals surface area (Å²) in [6, 6.07) is 0. The van der Waals surface area contributed by atoms with E-state index in [2.05, 4.69) is 93.7 Å². The largest absolute Gasteiger partial charge is 0.462 e. The maximum Gasteiger partial charge on any atom is 0.306 e. The highest BCUT2D eigenvalue weighted by atomic mass is 16.6. The lowest BCUT2D eigenvalue weighted by Crippen LogP contribution is -2.30. The Morgan fingerprint density at radius 3 is 0.969 bits per heavy atom. The summed E-state index contributed by atoms with van der Waals surface area (Å²) in [5.41, 5.74) is 0. The van der Waals surface area contributed by atoms with Crippen LogP contribution >= 0.6 is 0 Å². The van der Waals surface area contributed by atoms with Crippen LogP contribution in [-0.4, -0.2) is 37.2 Å². The smallest absolute Gasteiger partial charge is 0.306 e. The lowest BCUT2D eigenvalue weighted by molar-refractivity contribution is -0.167. The summed E-state index contributed by atoms with van der Waals surface area (Å²) in [5, 5.41) is 0. The average Bonchev–Trinajstić information content (AvgIpc) is 3.30. The molecule has 0 aromatic heterocycles. The predicted octanol–water partition coefficient (Wildman–Crippen LogP) is 18.2. The van der Waals surface area contributed by atoms with Crippen molar-refractivity contribution < 1.29 is 28.6 Å². The van der Waals surface area contributed by atoms with Gasteiger partial charge in [0.15, 0.2) is 6.10 Å². The molecule has 0 aromatic carbocycles. The Morgan fingerprint density at radius 1 is 0.308 bits per heavy atom. The van der Waals surface area contributed by atoms with Gasteiger partial charge in [0.1, 0.15) is 13.2 Å². The maximum atomic E-state index is 12.8. The van der Waals surface area contributed by atoms with E-state index in [1.54, 1.807) is 0 Å². The van der Waals surface area contributed by atoms with Crippen LogP contribution in [0.2, 0.25) is 0 Å². The van der Waals surface area contributed by atoms with Crippen molar-refractivity contribution in [3.05, 3.63) is 72.9 Å². The number of unbranched alkanes of at least 4 members (excludes halogenated alkanes) is 26. The molecule has 0 amide bonds. The molecule has 6 nitrogen and oxygen atoms in total. The highest BCUT2D eigenvalue weighted by Gasteiger charge is 2.19. The fraction of sp³-hybridized carbons (Fsp3) is 0.746. The molecule has 0 aromatic rings. The summed E-state index contributed by atoms with van der Waals surface area (Å²) < 4.78 is 16.8. The van der Waals surface area contributed by atoms with E-state index in [0.29, 0.717) is 19.3 Å². The van der Waals surface area contributed by atoms with Gasteiger partial charge in [-0.25, -0.2) is 0 Å². The van der Waals surface area contributed by atoms with Crippen molar-refractivity contribution in [2.45, 2.75) is 271 Å². The van der Waals surface area contributed by atoms with Crippen molar-refractivity contribution >= 4 is 17.9 Å². The normalized spacial score (nSPS) is 12.6. The van der Waals surface area contributed by atoms with Crippen molar-refractivity contribution in [3.63, 3.8) is 0 Å². The van der Waals surface area contributed by atoms with E-state index in [0.717, 1.165) is 83.5 Å². The van der Waals surface area contributed by atoms with Gasteiger partial charge in [-0.15, -0.1) is 0 Å². The van der Waals surface area contributed by atoms with Crippen molar-refractivity contribution in [3.8, 4) is 0 Å². The van der Waals surface area contributed by atoms with E-state index >= 15 is 0 Å². The number of esters is 3. The fourth-order valence-electron chi connectivity index (χ4n) is 7.48. The molecular formula is C59H102O6. The third-order valence-electron chi connectivity index (χ3n) is 11.7. The third kappa shape index (κ3) is 51.7. The minimum Gasteiger partial charge on any atom is -0.462 e. The van der Waals surface area contributed by atoms with Gasteiger partial charge < -0.3 is 14.2 Å². The van der Waals surface area contributed by atoms with Gasteiger partial charge in [-0.2, -0.15) is 0 Å². The minimum absolute atomic E-state index is 0.0997. The summed E-state index contributed by atoms with van der Waals surface area (Å²) in [6.45, 7) is 6.55. The van der Waals surface area contributed by atoms with Gasteiger partial charge >= 0.3 is 17.9 Å². The van der Waals surface area contributed by atoms with E-state index in [9.17, 15) is 14.4 Å². The highest BCUT2D eigenvalue weighted by molar-refractivity contribution is 5.71. The van der Waals surface area contributed by atoms with Crippen molar-refractivity contribution in [1.82, 2.24) is 0 Å². The molecule has 374 valence electrons. The third-order valence-corrected chi connectivity index (χ3v) is 11.7. The molecule has 65 heavy (non-hydrogen) atoms. The van der Waals surface area contributed by atoms with Crippen LogP contribution in [-0.2, 0) is 28.6 Å². The fourth-order valence-corrected chi connectivity index (χ4v) is 7.48. The van der Waals surface area contributed by atoms with Crippen LogP contribution in [0.5, 0.6) is 0 Å². The second-order valence-corrected chi connectivity index (χ2v) is 18.1. The second-order valence-electron chi connectivity index (χ2n) is 18.1. The Bertz CT molecular complexity index is 1230. The van der Waals surface area contributed by atoms with E-state index in [-0.39, 0.29) is 37.5 Å². The molecule has 0 aliphatic rings. The van der Waals surface area contributed by atoms with Crippen LogP contribution in [0.15, 0.2) is 72.9 Å². The first-order chi connectivity index (χ1) is 32.0. The molecule has 0 saturated heterocycles. The number of ether oxygens (including phenoxy) is 3. The topological polar surface area (TPSA) is 78.9 Å². The quantitative estimate of drug-likeness (QED) is 0.0262.